The summed E-state index contributed by atoms with van der Waals surface area (Å²) in [5.74, 6) is 0.562. The molecule has 0 saturated carbocycles. The highest BCUT2D eigenvalue weighted by Crippen LogP contribution is 2.58. The van der Waals surface area contributed by atoms with Crippen molar-refractivity contribution in [1.29, 1.82) is 0 Å². The van der Waals surface area contributed by atoms with Gasteiger partial charge in [0.15, 0.2) is 0 Å². The first-order valence-electron chi connectivity index (χ1n) is 13.9. The number of rotatable bonds is 6. The van der Waals surface area contributed by atoms with E-state index in [1.54, 1.807) is 0 Å². The second kappa shape index (κ2) is 9.31. The number of benzene rings is 2. The van der Waals surface area contributed by atoms with Crippen LogP contribution in [0.4, 0.5) is 0 Å². The van der Waals surface area contributed by atoms with Crippen LogP contribution in [-0.2, 0) is 20.0 Å². The van der Waals surface area contributed by atoms with E-state index in [9.17, 15) is 9.13 Å². The van der Waals surface area contributed by atoms with Gasteiger partial charge in [-0.1, -0.05) is 67.5 Å². The lowest BCUT2D eigenvalue weighted by Gasteiger charge is -2.52. The smallest absolute Gasteiger partial charge is 0.253 e. The van der Waals surface area contributed by atoms with Crippen LogP contribution in [0.3, 0.4) is 0 Å². The fourth-order valence-corrected chi connectivity index (χ4v) is 10.8. The van der Waals surface area contributed by atoms with E-state index in [1.165, 1.54) is 0 Å². The summed E-state index contributed by atoms with van der Waals surface area (Å²) in [5, 5.41) is 1.70. The molecule has 0 unspecified atom stereocenters. The number of hydrogen-bond acceptors (Lipinski definition) is 4. The van der Waals surface area contributed by atoms with Gasteiger partial charge in [-0.15, -0.1) is 0 Å². The molecule has 2 aliphatic heterocycles. The Labute approximate surface area is 224 Å². The molecule has 37 heavy (non-hydrogen) atoms. The van der Waals surface area contributed by atoms with Crippen LogP contribution in [0.2, 0.25) is 0 Å². The fraction of sp³-hybridized carbons (Fsp3) is 0.613. The lowest BCUT2D eigenvalue weighted by molar-refractivity contribution is -0.165. The third kappa shape index (κ3) is 4.65. The van der Waals surface area contributed by atoms with Crippen LogP contribution in [0.5, 0.6) is 11.5 Å². The molecule has 6 heteroatoms. The Morgan fingerprint density at radius 3 is 1.27 bits per heavy atom. The Balaban J connectivity index is 1.98. The number of ether oxygens (including phenoxy) is 2. The number of fused-ring (bicyclic) bond motifs is 2. The summed E-state index contributed by atoms with van der Waals surface area (Å²) in [4.78, 5) is 0. The van der Waals surface area contributed by atoms with Crippen molar-refractivity contribution in [2.75, 3.05) is 24.6 Å². The van der Waals surface area contributed by atoms with E-state index >= 15 is 0 Å². The summed E-state index contributed by atoms with van der Waals surface area (Å²) in [5.41, 5.74) is 3.95. The summed E-state index contributed by atoms with van der Waals surface area (Å²) >= 11 is 0. The van der Waals surface area contributed by atoms with Crippen LogP contribution in [0.15, 0.2) is 24.3 Å². The molecule has 4 nitrogen and oxygen atoms in total. The fourth-order valence-electron chi connectivity index (χ4n) is 6.60. The van der Waals surface area contributed by atoms with E-state index in [1.807, 2.05) is 27.7 Å². The SMILES string of the molecule is CCP(=O)(CC)c1cc(C)cc2c1OC1(CC2(C)C)CC(C)(C)c2cc(C)cc(P(=O)(CC)CC)c2O1. The molecule has 2 aliphatic rings. The van der Waals surface area contributed by atoms with E-state index in [2.05, 4.69) is 65.8 Å². The summed E-state index contributed by atoms with van der Waals surface area (Å²) in [6, 6.07) is 8.53. The molecule has 2 heterocycles. The molecule has 0 N–H and O–H groups in total. The van der Waals surface area contributed by atoms with Gasteiger partial charge in [-0.3, -0.25) is 0 Å². The first kappa shape index (κ1) is 28.5. The first-order chi connectivity index (χ1) is 17.1. The molecule has 204 valence electrons. The van der Waals surface area contributed by atoms with E-state index in [-0.39, 0.29) is 10.8 Å². The molecular weight excluding hydrogens is 498 g/mol. The third-order valence-corrected chi connectivity index (χ3v) is 15.3. The molecule has 2 aromatic carbocycles. The first-order valence-corrected chi connectivity index (χ1v) is 18.1. The molecule has 0 bridgehead atoms. The van der Waals surface area contributed by atoms with Crippen molar-refractivity contribution < 1.29 is 18.6 Å². The largest absolute Gasteiger partial charge is 0.451 e. The van der Waals surface area contributed by atoms with Crippen LogP contribution in [0.25, 0.3) is 0 Å². The van der Waals surface area contributed by atoms with Crippen LogP contribution in [-0.4, -0.2) is 30.4 Å². The van der Waals surface area contributed by atoms with Crippen molar-refractivity contribution in [3.8, 4) is 11.5 Å². The minimum absolute atomic E-state index is 0.252. The normalized spacial score (nSPS) is 19.5. The maximum absolute atomic E-state index is 14.1. The Hall–Kier alpha value is -1.50. The monoisotopic (exact) mass is 544 g/mol. The number of aryl methyl sites for hydroxylation is 2. The van der Waals surface area contributed by atoms with Gasteiger partial charge in [0.1, 0.15) is 25.8 Å². The Bertz CT molecular complexity index is 1200. The van der Waals surface area contributed by atoms with Gasteiger partial charge in [0.2, 0.25) is 0 Å². The topological polar surface area (TPSA) is 52.6 Å². The Morgan fingerprint density at radius 2 is 0.973 bits per heavy atom. The minimum Gasteiger partial charge on any atom is -0.451 e. The molecular formula is C31H46O4P2. The molecule has 4 rings (SSSR count). The molecule has 0 aliphatic carbocycles. The number of hydrogen-bond donors (Lipinski definition) is 0. The van der Waals surface area contributed by atoms with Crippen molar-refractivity contribution in [2.24, 2.45) is 0 Å². The van der Waals surface area contributed by atoms with E-state index in [0.717, 1.165) is 44.4 Å². The third-order valence-electron chi connectivity index (χ3n) is 8.81. The Kier molecular flexibility index (Phi) is 7.17. The van der Waals surface area contributed by atoms with E-state index in [0.29, 0.717) is 37.5 Å². The molecule has 0 amide bonds. The molecule has 0 fully saturated rings. The zero-order valence-electron chi connectivity index (χ0n) is 24.6. The van der Waals surface area contributed by atoms with Crippen LogP contribution in [0.1, 0.15) is 90.5 Å². The zero-order valence-corrected chi connectivity index (χ0v) is 26.4. The quantitative estimate of drug-likeness (QED) is 0.347. The zero-order chi connectivity index (χ0) is 27.6. The highest BCUT2D eigenvalue weighted by atomic mass is 31.2. The van der Waals surface area contributed by atoms with Crippen LogP contribution in [0, 0.1) is 13.8 Å². The molecule has 0 atom stereocenters. The van der Waals surface area contributed by atoms with Gasteiger partial charge >= 0.3 is 0 Å². The van der Waals surface area contributed by atoms with Gasteiger partial charge in [0.25, 0.3) is 5.79 Å². The van der Waals surface area contributed by atoms with Crippen LogP contribution < -0.4 is 20.1 Å². The van der Waals surface area contributed by atoms with Crippen molar-refractivity contribution in [1.82, 2.24) is 0 Å². The van der Waals surface area contributed by atoms with Gasteiger partial charge in [0, 0.05) is 59.4 Å². The maximum atomic E-state index is 14.1. The van der Waals surface area contributed by atoms with Gasteiger partial charge in [-0.05, 0) is 37.1 Å². The second-order valence-corrected chi connectivity index (χ2v) is 19.7. The van der Waals surface area contributed by atoms with Gasteiger partial charge < -0.3 is 18.6 Å². The molecule has 2 aromatic rings. The molecule has 0 radical (unpaired) electrons. The van der Waals surface area contributed by atoms with Crippen molar-refractivity contribution in [3.05, 3.63) is 46.5 Å². The summed E-state index contributed by atoms with van der Waals surface area (Å²) in [6.45, 7) is 21.2. The van der Waals surface area contributed by atoms with Crippen molar-refractivity contribution >= 4 is 24.9 Å². The standard InChI is InChI=1S/C31H46O4P2/c1-11-36(32,12-2)25-17-21(5)15-23-27(25)34-31(19-29(23,7)8)20-30(9,10)24-16-22(6)18-26(28(24)35-31)37(33,13-3)14-4/h15-18H,11-14,19-20H2,1-10H3. The van der Waals surface area contributed by atoms with Crippen molar-refractivity contribution in [3.63, 3.8) is 0 Å². The Morgan fingerprint density at radius 1 is 0.649 bits per heavy atom. The lowest BCUT2D eigenvalue weighted by Crippen LogP contribution is -2.57. The minimum atomic E-state index is -2.62. The molecule has 0 aromatic heterocycles. The highest BCUT2D eigenvalue weighted by Gasteiger charge is 2.55. The average Bonchev–Trinajstić information content (AvgIpc) is 2.82. The van der Waals surface area contributed by atoms with Gasteiger partial charge in [-0.2, -0.15) is 0 Å². The highest BCUT2D eigenvalue weighted by molar-refractivity contribution is 7.72. The molecule has 0 saturated heterocycles. The maximum Gasteiger partial charge on any atom is 0.253 e. The summed E-state index contributed by atoms with van der Waals surface area (Å²) in [7, 11) is -5.24. The van der Waals surface area contributed by atoms with Crippen molar-refractivity contribution in [2.45, 2.75) is 98.7 Å². The van der Waals surface area contributed by atoms with Gasteiger partial charge in [0.05, 0.1) is 10.6 Å². The van der Waals surface area contributed by atoms with E-state index < -0.39 is 20.1 Å². The summed E-state index contributed by atoms with van der Waals surface area (Å²) in [6.07, 6.45) is 3.74. The lowest BCUT2D eigenvalue weighted by atomic mass is 9.69. The van der Waals surface area contributed by atoms with Gasteiger partial charge in [-0.25, -0.2) is 0 Å². The van der Waals surface area contributed by atoms with Crippen LogP contribution >= 0.6 is 14.3 Å². The predicted molar refractivity (Wildman–Crippen MR) is 158 cm³/mol. The second-order valence-electron chi connectivity index (χ2n) is 12.6. The van der Waals surface area contributed by atoms with E-state index in [4.69, 9.17) is 9.47 Å². The predicted octanol–water partition coefficient (Wildman–Crippen LogP) is 7.88. The molecule has 1 spiro atoms. The summed E-state index contributed by atoms with van der Waals surface area (Å²) < 4.78 is 42.3. The average molecular weight is 545 g/mol.